The van der Waals surface area contributed by atoms with Crippen molar-refractivity contribution >= 4 is 5.82 Å². The van der Waals surface area contributed by atoms with Crippen molar-refractivity contribution < 1.29 is 9.47 Å². The second kappa shape index (κ2) is 8.82. The zero-order valence-corrected chi connectivity index (χ0v) is 13.2. The molecule has 2 rings (SSSR count). The van der Waals surface area contributed by atoms with Gasteiger partial charge in [0, 0.05) is 19.2 Å². The van der Waals surface area contributed by atoms with Gasteiger partial charge in [0.05, 0.1) is 6.61 Å². The molecular weight excluding hydrogens is 266 g/mol. The van der Waals surface area contributed by atoms with Crippen LogP contribution in [0, 0.1) is 5.92 Å². The van der Waals surface area contributed by atoms with E-state index < -0.39 is 0 Å². The molecule has 1 aromatic rings. The average molecular weight is 293 g/mol. The Bertz CT molecular complexity index is 420. The van der Waals surface area contributed by atoms with Crippen LogP contribution in [0.25, 0.3) is 0 Å². The highest BCUT2D eigenvalue weighted by Crippen LogP contribution is 2.24. The average Bonchev–Trinajstić information content (AvgIpc) is 2.52. The number of nitrogens with one attached hydrogen (secondary N) is 1. The number of hydrogen-bond donors (Lipinski definition) is 1. The van der Waals surface area contributed by atoms with Crippen LogP contribution in [-0.4, -0.2) is 29.7 Å². The smallest absolute Gasteiger partial charge is 0.218 e. The molecule has 1 aliphatic rings. The van der Waals surface area contributed by atoms with Crippen LogP contribution < -0.4 is 10.1 Å². The number of ether oxygens (including phenoxy) is 2. The summed E-state index contributed by atoms with van der Waals surface area (Å²) in [7, 11) is 0. The zero-order chi connectivity index (χ0) is 14.9. The fourth-order valence-corrected chi connectivity index (χ4v) is 2.63. The normalized spacial score (nSPS) is 15.9. The molecule has 1 aromatic heterocycles. The lowest BCUT2D eigenvalue weighted by Gasteiger charge is -2.21. The van der Waals surface area contributed by atoms with Gasteiger partial charge in [-0.05, 0) is 32.6 Å². The van der Waals surface area contributed by atoms with Gasteiger partial charge in [-0.1, -0.05) is 19.3 Å². The van der Waals surface area contributed by atoms with E-state index in [2.05, 4.69) is 15.3 Å². The number of hydrogen-bond acceptors (Lipinski definition) is 5. The minimum absolute atomic E-state index is 0.426. The molecular formula is C16H27N3O2. The fraction of sp³-hybridized carbons (Fsp3) is 0.750. The SMILES string of the molecule is CCNc1cc(OCC2CCCCC2)nc(COCC)n1. The van der Waals surface area contributed by atoms with Crippen molar-refractivity contribution in [2.24, 2.45) is 5.92 Å². The first kappa shape index (κ1) is 16.0. The minimum atomic E-state index is 0.426. The van der Waals surface area contributed by atoms with Crippen molar-refractivity contribution in [3.05, 3.63) is 11.9 Å². The van der Waals surface area contributed by atoms with Crippen LogP contribution in [-0.2, 0) is 11.3 Å². The maximum atomic E-state index is 5.91. The first-order chi connectivity index (χ1) is 10.3. The van der Waals surface area contributed by atoms with Gasteiger partial charge >= 0.3 is 0 Å². The van der Waals surface area contributed by atoms with Crippen molar-refractivity contribution in [1.82, 2.24) is 9.97 Å². The summed E-state index contributed by atoms with van der Waals surface area (Å²) in [6, 6.07) is 1.88. The highest BCUT2D eigenvalue weighted by Gasteiger charge is 2.15. The molecule has 1 N–H and O–H groups in total. The Kier molecular flexibility index (Phi) is 6.73. The van der Waals surface area contributed by atoms with E-state index in [0.29, 0.717) is 30.8 Å². The van der Waals surface area contributed by atoms with Crippen LogP contribution in [0.5, 0.6) is 5.88 Å². The third-order valence-electron chi connectivity index (χ3n) is 3.73. The molecule has 1 fully saturated rings. The van der Waals surface area contributed by atoms with Crippen molar-refractivity contribution in [3.63, 3.8) is 0 Å². The number of anilines is 1. The molecule has 118 valence electrons. The quantitative estimate of drug-likeness (QED) is 0.796. The molecule has 0 radical (unpaired) electrons. The Balaban J connectivity index is 1.96. The topological polar surface area (TPSA) is 56.3 Å². The summed E-state index contributed by atoms with van der Waals surface area (Å²) in [5, 5.41) is 3.22. The molecule has 0 bridgehead atoms. The molecule has 5 nitrogen and oxygen atoms in total. The van der Waals surface area contributed by atoms with Gasteiger partial charge in [-0.15, -0.1) is 0 Å². The van der Waals surface area contributed by atoms with Crippen molar-refractivity contribution in [3.8, 4) is 5.88 Å². The summed E-state index contributed by atoms with van der Waals surface area (Å²) in [5.41, 5.74) is 0. The van der Waals surface area contributed by atoms with E-state index in [0.717, 1.165) is 19.0 Å². The third-order valence-corrected chi connectivity index (χ3v) is 3.73. The summed E-state index contributed by atoms with van der Waals surface area (Å²) < 4.78 is 11.3. The first-order valence-corrected chi connectivity index (χ1v) is 8.14. The Morgan fingerprint density at radius 2 is 2.00 bits per heavy atom. The van der Waals surface area contributed by atoms with Crippen molar-refractivity contribution in [1.29, 1.82) is 0 Å². The Morgan fingerprint density at radius 3 is 2.71 bits per heavy atom. The van der Waals surface area contributed by atoms with Gasteiger partial charge in [-0.2, -0.15) is 4.98 Å². The molecule has 0 unspecified atom stereocenters. The van der Waals surface area contributed by atoms with E-state index >= 15 is 0 Å². The lowest BCUT2D eigenvalue weighted by molar-refractivity contribution is 0.127. The van der Waals surface area contributed by atoms with Crippen LogP contribution in [0.1, 0.15) is 51.8 Å². The largest absolute Gasteiger partial charge is 0.477 e. The monoisotopic (exact) mass is 293 g/mol. The van der Waals surface area contributed by atoms with Gasteiger partial charge in [0.15, 0.2) is 5.82 Å². The molecule has 0 aromatic carbocycles. The van der Waals surface area contributed by atoms with E-state index in [9.17, 15) is 0 Å². The lowest BCUT2D eigenvalue weighted by atomic mass is 9.90. The lowest BCUT2D eigenvalue weighted by Crippen LogP contribution is -2.16. The molecule has 1 aliphatic carbocycles. The van der Waals surface area contributed by atoms with E-state index in [1.807, 2.05) is 19.9 Å². The van der Waals surface area contributed by atoms with Gasteiger partial charge in [0.2, 0.25) is 5.88 Å². The molecule has 0 amide bonds. The van der Waals surface area contributed by atoms with Gasteiger partial charge in [-0.3, -0.25) is 0 Å². The summed E-state index contributed by atoms with van der Waals surface area (Å²) in [6.07, 6.45) is 6.58. The highest BCUT2D eigenvalue weighted by molar-refractivity contribution is 5.38. The molecule has 5 heteroatoms. The van der Waals surface area contributed by atoms with Crippen LogP contribution in [0.2, 0.25) is 0 Å². The summed E-state index contributed by atoms with van der Waals surface area (Å²) >= 11 is 0. The van der Waals surface area contributed by atoms with Gasteiger partial charge < -0.3 is 14.8 Å². The molecule has 21 heavy (non-hydrogen) atoms. The zero-order valence-electron chi connectivity index (χ0n) is 13.2. The van der Waals surface area contributed by atoms with Crippen molar-refractivity contribution in [2.45, 2.75) is 52.6 Å². The van der Waals surface area contributed by atoms with E-state index in [4.69, 9.17) is 9.47 Å². The summed E-state index contributed by atoms with van der Waals surface area (Å²) in [5.74, 6) is 2.81. The van der Waals surface area contributed by atoms with Crippen LogP contribution in [0.15, 0.2) is 6.07 Å². The number of nitrogens with zero attached hydrogens (tertiary/aromatic N) is 2. The predicted molar refractivity (Wildman–Crippen MR) is 83.6 cm³/mol. The molecule has 0 spiro atoms. The third kappa shape index (κ3) is 5.50. The highest BCUT2D eigenvalue weighted by atomic mass is 16.5. The maximum Gasteiger partial charge on any atom is 0.218 e. The van der Waals surface area contributed by atoms with Gasteiger partial charge in [-0.25, -0.2) is 4.98 Å². The van der Waals surface area contributed by atoms with Crippen LogP contribution in [0.3, 0.4) is 0 Å². The molecule has 0 saturated heterocycles. The molecule has 1 heterocycles. The first-order valence-electron chi connectivity index (χ1n) is 8.14. The Hall–Kier alpha value is -1.36. The number of rotatable bonds is 8. The standard InChI is InChI=1S/C16H27N3O2/c1-3-17-14-10-16(19-15(18-14)12-20-4-2)21-11-13-8-6-5-7-9-13/h10,13H,3-9,11-12H2,1-2H3,(H,17,18,19). The van der Waals surface area contributed by atoms with E-state index in [1.165, 1.54) is 32.1 Å². The van der Waals surface area contributed by atoms with Crippen LogP contribution >= 0.6 is 0 Å². The van der Waals surface area contributed by atoms with Crippen LogP contribution in [0.4, 0.5) is 5.82 Å². The Labute approximate surface area is 127 Å². The van der Waals surface area contributed by atoms with Gasteiger partial charge in [0.1, 0.15) is 12.4 Å². The maximum absolute atomic E-state index is 5.91. The summed E-state index contributed by atoms with van der Waals surface area (Å²) in [6.45, 7) is 6.69. The fourth-order valence-electron chi connectivity index (χ4n) is 2.63. The second-order valence-corrected chi connectivity index (χ2v) is 5.49. The van der Waals surface area contributed by atoms with Crippen molar-refractivity contribution in [2.75, 3.05) is 25.1 Å². The minimum Gasteiger partial charge on any atom is -0.477 e. The molecule has 0 atom stereocenters. The van der Waals surface area contributed by atoms with E-state index in [1.54, 1.807) is 0 Å². The molecule has 1 saturated carbocycles. The molecule has 0 aliphatic heterocycles. The second-order valence-electron chi connectivity index (χ2n) is 5.49. The Morgan fingerprint density at radius 1 is 1.19 bits per heavy atom. The predicted octanol–water partition coefficient (Wildman–Crippen LogP) is 3.40. The van der Waals surface area contributed by atoms with E-state index in [-0.39, 0.29) is 0 Å². The van der Waals surface area contributed by atoms with Gasteiger partial charge in [0.25, 0.3) is 0 Å². The number of aromatic nitrogens is 2. The summed E-state index contributed by atoms with van der Waals surface area (Å²) in [4.78, 5) is 8.87.